The zero-order valence-corrected chi connectivity index (χ0v) is 17.0. The number of benzene rings is 2. The predicted octanol–water partition coefficient (Wildman–Crippen LogP) is 2.64. The summed E-state index contributed by atoms with van der Waals surface area (Å²) in [6, 6.07) is 12.5. The van der Waals surface area contributed by atoms with Crippen molar-refractivity contribution >= 4 is 15.9 Å². The quantitative estimate of drug-likeness (QED) is 0.752. The summed E-state index contributed by atoms with van der Waals surface area (Å²) in [5.74, 6) is 0.535. The van der Waals surface area contributed by atoms with Gasteiger partial charge in [0, 0.05) is 26.6 Å². The lowest BCUT2D eigenvalue weighted by molar-refractivity contribution is -0.129. The molecule has 2 aromatic carbocycles. The second-order valence-electron chi connectivity index (χ2n) is 6.40. The number of sulfonamides is 1. The first-order chi connectivity index (χ1) is 12.7. The molecule has 0 atom stereocenters. The first-order valence-electron chi connectivity index (χ1n) is 8.69. The summed E-state index contributed by atoms with van der Waals surface area (Å²) in [4.78, 5) is 13.7. The average Bonchev–Trinajstić information content (AvgIpc) is 2.62. The highest BCUT2D eigenvalue weighted by Crippen LogP contribution is 2.21. The summed E-state index contributed by atoms with van der Waals surface area (Å²) in [7, 11) is -2.11. The molecule has 2 rings (SSSR count). The zero-order valence-electron chi connectivity index (χ0n) is 16.2. The number of carbonyl (C=O) groups excluding carboxylic acids is 1. The van der Waals surface area contributed by atoms with Gasteiger partial charge < -0.3 is 9.64 Å². The van der Waals surface area contributed by atoms with E-state index in [0.29, 0.717) is 12.3 Å². The SMILES string of the molecule is COc1ccc(S(=O)(=O)NCCN(Cc2ccccc2C)C(C)=O)cc1C. The summed E-state index contributed by atoms with van der Waals surface area (Å²) in [5.41, 5.74) is 2.88. The molecule has 0 aliphatic heterocycles. The van der Waals surface area contributed by atoms with Gasteiger partial charge in [-0.25, -0.2) is 13.1 Å². The molecule has 0 radical (unpaired) electrons. The molecule has 0 spiro atoms. The van der Waals surface area contributed by atoms with Gasteiger partial charge >= 0.3 is 0 Å². The second-order valence-corrected chi connectivity index (χ2v) is 8.16. The molecule has 1 N–H and O–H groups in total. The molecule has 0 bridgehead atoms. The molecule has 27 heavy (non-hydrogen) atoms. The van der Waals surface area contributed by atoms with Crippen LogP contribution in [0, 0.1) is 13.8 Å². The summed E-state index contributed by atoms with van der Waals surface area (Å²) in [5, 5.41) is 0. The van der Waals surface area contributed by atoms with Gasteiger partial charge in [-0.05, 0) is 48.7 Å². The normalized spacial score (nSPS) is 11.3. The van der Waals surface area contributed by atoms with Crippen LogP contribution in [0.25, 0.3) is 0 Å². The number of nitrogens with one attached hydrogen (secondary N) is 1. The van der Waals surface area contributed by atoms with Crippen LogP contribution in [-0.4, -0.2) is 39.4 Å². The van der Waals surface area contributed by atoms with Crippen molar-refractivity contribution in [1.29, 1.82) is 0 Å². The molecular formula is C20H26N2O4S. The molecule has 0 saturated heterocycles. The van der Waals surface area contributed by atoms with Gasteiger partial charge in [0.2, 0.25) is 15.9 Å². The molecule has 0 heterocycles. The van der Waals surface area contributed by atoms with Gasteiger partial charge in [0.25, 0.3) is 0 Å². The summed E-state index contributed by atoms with van der Waals surface area (Å²) in [6.45, 7) is 6.14. The van der Waals surface area contributed by atoms with E-state index < -0.39 is 10.0 Å². The van der Waals surface area contributed by atoms with Crippen LogP contribution in [0.3, 0.4) is 0 Å². The molecular weight excluding hydrogens is 364 g/mol. The third-order valence-corrected chi connectivity index (χ3v) is 5.88. The van der Waals surface area contributed by atoms with Crippen molar-refractivity contribution in [1.82, 2.24) is 9.62 Å². The van der Waals surface area contributed by atoms with Gasteiger partial charge in [-0.2, -0.15) is 0 Å². The van der Waals surface area contributed by atoms with Crippen molar-refractivity contribution in [3.05, 3.63) is 59.2 Å². The number of rotatable bonds is 8. The molecule has 0 unspecified atom stereocenters. The molecule has 0 aromatic heterocycles. The average molecular weight is 391 g/mol. The van der Waals surface area contributed by atoms with E-state index in [2.05, 4.69) is 4.72 Å². The highest BCUT2D eigenvalue weighted by Gasteiger charge is 2.17. The van der Waals surface area contributed by atoms with E-state index in [-0.39, 0.29) is 23.9 Å². The third kappa shape index (κ3) is 5.55. The van der Waals surface area contributed by atoms with E-state index in [0.717, 1.165) is 16.7 Å². The fourth-order valence-corrected chi connectivity index (χ4v) is 3.86. The molecule has 0 fully saturated rings. The van der Waals surface area contributed by atoms with Crippen molar-refractivity contribution in [2.75, 3.05) is 20.2 Å². The maximum atomic E-state index is 12.5. The Kier molecular flexibility index (Phi) is 6.98. The van der Waals surface area contributed by atoms with Crippen molar-refractivity contribution in [3.8, 4) is 5.75 Å². The molecule has 2 aromatic rings. The van der Waals surface area contributed by atoms with Crippen LogP contribution in [-0.2, 0) is 21.4 Å². The van der Waals surface area contributed by atoms with Crippen molar-refractivity contribution < 1.29 is 17.9 Å². The number of aryl methyl sites for hydroxylation is 2. The molecule has 0 saturated carbocycles. The number of methoxy groups -OCH3 is 1. The number of amides is 1. The summed E-state index contributed by atoms with van der Waals surface area (Å²) < 4.78 is 32.7. The van der Waals surface area contributed by atoms with E-state index in [9.17, 15) is 13.2 Å². The Bertz CT molecular complexity index is 910. The van der Waals surface area contributed by atoms with Crippen LogP contribution in [0.5, 0.6) is 5.75 Å². The molecule has 0 aliphatic carbocycles. The van der Waals surface area contributed by atoms with Crippen molar-refractivity contribution in [2.24, 2.45) is 0 Å². The van der Waals surface area contributed by atoms with E-state index in [1.807, 2.05) is 31.2 Å². The Morgan fingerprint density at radius 2 is 1.81 bits per heavy atom. The Morgan fingerprint density at radius 3 is 2.41 bits per heavy atom. The van der Waals surface area contributed by atoms with Gasteiger partial charge in [-0.3, -0.25) is 4.79 Å². The Morgan fingerprint density at radius 1 is 1.11 bits per heavy atom. The number of carbonyl (C=O) groups is 1. The lowest BCUT2D eigenvalue weighted by atomic mass is 10.1. The lowest BCUT2D eigenvalue weighted by Crippen LogP contribution is -2.37. The summed E-state index contributed by atoms with van der Waals surface area (Å²) >= 11 is 0. The van der Waals surface area contributed by atoms with Crippen LogP contribution < -0.4 is 9.46 Å². The first-order valence-corrected chi connectivity index (χ1v) is 10.2. The largest absolute Gasteiger partial charge is 0.496 e. The van der Waals surface area contributed by atoms with Crippen molar-refractivity contribution in [2.45, 2.75) is 32.2 Å². The minimum atomic E-state index is -3.65. The lowest BCUT2D eigenvalue weighted by Gasteiger charge is -2.22. The monoisotopic (exact) mass is 390 g/mol. The number of ether oxygens (including phenoxy) is 1. The highest BCUT2D eigenvalue weighted by molar-refractivity contribution is 7.89. The number of hydrogen-bond donors (Lipinski definition) is 1. The smallest absolute Gasteiger partial charge is 0.240 e. The second kappa shape index (κ2) is 9.01. The Balaban J connectivity index is 2.02. The third-order valence-electron chi connectivity index (χ3n) is 4.42. The minimum absolute atomic E-state index is 0.0993. The van der Waals surface area contributed by atoms with Crippen LogP contribution in [0.15, 0.2) is 47.4 Å². The molecule has 7 heteroatoms. The van der Waals surface area contributed by atoms with E-state index in [1.54, 1.807) is 31.1 Å². The van der Waals surface area contributed by atoms with Crippen LogP contribution in [0.1, 0.15) is 23.6 Å². The maximum Gasteiger partial charge on any atom is 0.240 e. The highest BCUT2D eigenvalue weighted by atomic mass is 32.2. The standard InChI is InChI=1S/C20H26N2O4S/c1-15-7-5-6-8-18(15)14-22(17(3)23)12-11-21-27(24,25)19-9-10-20(26-4)16(2)13-19/h5-10,13,21H,11-12,14H2,1-4H3. The number of hydrogen-bond acceptors (Lipinski definition) is 4. The Labute approximate surface area is 161 Å². The molecule has 146 valence electrons. The number of nitrogens with zero attached hydrogens (tertiary/aromatic N) is 1. The molecule has 1 amide bonds. The fourth-order valence-electron chi connectivity index (χ4n) is 2.76. The van der Waals surface area contributed by atoms with E-state index in [4.69, 9.17) is 4.74 Å². The Hall–Kier alpha value is -2.38. The van der Waals surface area contributed by atoms with Crippen LogP contribution in [0.2, 0.25) is 0 Å². The van der Waals surface area contributed by atoms with Gasteiger partial charge in [-0.15, -0.1) is 0 Å². The zero-order chi connectivity index (χ0) is 20.0. The molecule has 6 nitrogen and oxygen atoms in total. The van der Waals surface area contributed by atoms with Crippen LogP contribution in [0.4, 0.5) is 0 Å². The summed E-state index contributed by atoms with van der Waals surface area (Å²) in [6.07, 6.45) is 0. The predicted molar refractivity (Wildman–Crippen MR) is 105 cm³/mol. The van der Waals surface area contributed by atoms with Crippen molar-refractivity contribution in [3.63, 3.8) is 0 Å². The fraction of sp³-hybridized carbons (Fsp3) is 0.350. The first kappa shape index (κ1) is 20.9. The van der Waals surface area contributed by atoms with E-state index >= 15 is 0 Å². The topological polar surface area (TPSA) is 75.7 Å². The molecule has 0 aliphatic rings. The maximum absolute atomic E-state index is 12.5. The van der Waals surface area contributed by atoms with E-state index in [1.165, 1.54) is 13.0 Å². The van der Waals surface area contributed by atoms with Gasteiger partial charge in [0.05, 0.1) is 12.0 Å². The minimum Gasteiger partial charge on any atom is -0.496 e. The van der Waals surface area contributed by atoms with Gasteiger partial charge in [0.1, 0.15) is 5.75 Å². The van der Waals surface area contributed by atoms with Gasteiger partial charge in [0.15, 0.2) is 0 Å². The van der Waals surface area contributed by atoms with Gasteiger partial charge in [-0.1, -0.05) is 24.3 Å². The van der Waals surface area contributed by atoms with Crippen LogP contribution >= 0.6 is 0 Å².